The molecule has 33 heavy (non-hydrogen) atoms. The molecule has 4 N–H and O–H groups in total. The second-order valence-electron chi connectivity index (χ2n) is 6.71. The Hall–Kier alpha value is -4.05. The summed E-state index contributed by atoms with van der Waals surface area (Å²) in [5.41, 5.74) is 1.43. The minimum atomic E-state index is -0.461. The van der Waals surface area contributed by atoms with Gasteiger partial charge in [0.25, 0.3) is 11.8 Å². The highest BCUT2D eigenvalue weighted by molar-refractivity contribution is 7.12. The Bertz CT molecular complexity index is 1100. The number of rotatable bonds is 9. The molecular formula is C23H24N4O5S. The molecule has 3 aromatic rings. The molecule has 2 aromatic carbocycles. The third-order valence-corrected chi connectivity index (χ3v) is 5.37. The van der Waals surface area contributed by atoms with Crippen LogP contribution in [0.5, 0.6) is 11.5 Å². The molecular weight excluding hydrogens is 444 g/mol. The van der Waals surface area contributed by atoms with Crippen LogP contribution in [0.1, 0.15) is 20.0 Å². The van der Waals surface area contributed by atoms with Crippen LogP contribution < -0.4 is 30.7 Å². The molecule has 3 rings (SSSR count). The van der Waals surface area contributed by atoms with Gasteiger partial charge in [0.1, 0.15) is 11.5 Å². The zero-order chi connectivity index (χ0) is 23.6. The van der Waals surface area contributed by atoms with Crippen molar-refractivity contribution < 1.29 is 23.9 Å². The number of hydrogen-bond donors (Lipinski definition) is 4. The summed E-state index contributed by atoms with van der Waals surface area (Å²) in [4.78, 5) is 37.1. The quantitative estimate of drug-likeness (QED) is 0.358. The maximum absolute atomic E-state index is 12.3. The minimum absolute atomic E-state index is 0.166. The van der Waals surface area contributed by atoms with Gasteiger partial charge in [-0.1, -0.05) is 6.07 Å². The Balaban J connectivity index is 1.46. The number of methoxy groups -OCH3 is 2. The van der Waals surface area contributed by atoms with E-state index in [2.05, 4.69) is 21.3 Å². The third-order valence-electron chi connectivity index (χ3n) is 4.50. The predicted octanol–water partition coefficient (Wildman–Crippen LogP) is 3.57. The molecule has 0 bridgehead atoms. The number of hydrogen-bond acceptors (Lipinski definition) is 6. The van der Waals surface area contributed by atoms with Gasteiger partial charge in [-0.25, -0.2) is 4.79 Å². The van der Waals surface area contributed by atoms with E-state index in [1.165, 1.54) is 18.4 Å². The normalized spacial score (nSPS) is 10.1. The predicted molar refractivity (Wildman–Crippen MR) is 128 cm³/mol. The van der Waals surface area contributed by atoms with Gasteiger partial charge in [-0.2, -0.15) is 0 Å². The molecule has 10 heteroatoms. The Morgan fingerprint density at radius 1 is 0.848 bits per heavy atom. The first-order valence-electron chi connectivity index (χ1n) is 10.00. The molecule has 1 aromatic heterocycles. The first-order chi connectivity index (χ1) is 16.0. The smallest absolute Gasteiger partial charge is 0.323 e. The molecule has 0 fully saturated rings. The number of ether oxygens (including phenoxy) is 2. The van der Waals surface area contributed by atoms with Gasteiger partial charge in [-0.05, 0) is 47.8 Å². The van der Waals surface area contributed by atoms with Gasteiger partial charge in [-0.15, -0.1) is 11.3 Å². The second-order valence-corrected chi connectivity index (χ2v) is 7.66. The summed E-state index contributed by atoms with van der Waals surface area (Å²) in [5.74, 6) is 0.624. The van der Waals surface area contributed by atoms with Crippen LogP contribution in [0, 0.1) is 0 Å². The number of amides is 4. The lowest BCUT2D eigenvalue weighted by Gasteiger charge is -2.12. The van der Waals surface area contributed by atoms with Gasteiger partial charge >= 0.3 is 6.03 Å². The van der Waals surface area contributed by atoms with Crippen LogP contribution in [0.2, 0.25) is 0 Å². The highest BCUT2D eigenvalue weighted by atomic mass is 32.1. The molecule has 0 unspecified atom stereocenters. The van der Waals surface area contributed by atoms with Crippen LogP contribution in [0.3, 0.4) is 0 Å². The fourth-order valence-electron chi connectivity index (χ4n) is 2.84. The molecule has 0 aliphatic rings. The monoisotopic (exact) mass is 468 g/mol. The van der Waals surface area contributed by atoms with Crippen molar-refractivity contribution in [3.05, 3.63) is 70.4 Å². The molecule has 4 amide bonds. The molecule has 0 saturated carbocycles. The lowest BCUT2D eigenvalue weighted by atomic mass is 10.2. The highest BCUT2D eigenvalue weighted by Gasteiger charge is 2.11. The van der Waals surface area contributed by atoms with E-state index >= 15 is 0 Å². The summed E-state index contributed by atoms with van der Waals surface area (Å²) in [6.07, 6.45) is 0. The molecule has 1 heterocycles. The number of carbonyl (C=O) groups is 3. The molecule has 0 spiro atoms. The first-order valence-corrected chi connectivity index (χ1v) is 10.9. The van der Waals surface area contributed by atoms with Crippen molar-refractivity contribution in [2.75, 3.05) is 37.9 Å². The second kappa shape index (κ2) is 11.5. The third kappa shape index (κ3) is 6.71. The summed E-state index contributed by atoms with van der Waals surface area (Å²) in [7, 11) is 3.04. The van der Waals surface area contributed by atoms with Crippen LogP contribution in [0.25, 0.3) is 0 Å². The van der Waals surface area contributed by atoms with Crippen molar-refractivity contribution in [2.45, 2.75) is 0 Å². The van der Waals surface area contributed by atoms with Crippen molar-refractivity contribution in [3.63, 3.8) is 0 Å². The van der Waals surface area contributed by atoms with Crippen molar-refractivity contribution in [2.24, 2.45) is 0 Å². The largest absolute Gasteiger partial charge is 0.497 e. The summed E-state index contributed by atoms with van der Waals surface area (Å²) in [5, 5.41) is 12.7. The Kier molecular flexibility index (Phi) is 8.25. The van der Waals surface area contributed by atoms with Crippen LogP contribution in [-0.4, -0.2) is 45.2 Å². The Morgan fingerprint density at radius 3 is 2.21 bits per heavy atom. The van der Waals surface area contributed by atoms with Crippen molar-refractivity contribution >= 4 is 40.6 Å². The lowest BCUT2D eigenvalue weighted by molar-refractivity contribution is 0.0929. The zero-order valence-electron chi connectivity index (χ0n) is 18.1. The standard InChI is InChI=1S/C23H24N4O5S/c1-31-17-9-10-18(19(14-17)32-2)27-23(30)26-16-7-5-15(6-8-16)21(28)24-11-12-25-22(29)20-4-3-13-33-20/h3-10,13-14H,11-12H2,1-2H3,(H,24,28)(H,25,29)(H2,26,27,30). The van der Waals surface area contributed by atoms with Gasteiger partial charge in [0, 0.05) is 30.4 Å². The van der Waals surface area contributed by atoms with Crippen LogP contribution in [0.15, 0.2) is 60.0 Å². The average Bonchev–Trinajstić information content (AvgIpc) is 3.37. The van der Waals surface area contributed by atoms with E-state index in [0.717, 1.165) is 0 Å². The van der Waals surface area contributed by atoms with E-state index < -0.39 is 6.03 Å². The average molecular weight is 469 g/mol. The van der Waals surface area contributed by atoms with Crippen molar-refractivity contribution in [1.29, 1.82) is 0 Å². The Morgan fingerprint density at radius 2 is 1.58 bits per heavy atom. The lowest BCUT2D eigenvalue weighted by Crippen LogP contribution is -2.34. The maximum atomic E-state index is 12.3. The SMILES string of the molecule is COc1ccc(NC(=O)Nc2ccc(C(=O)NCCNC(=O)c3cccs3)cc2)c(OC)c1. The number of nitrogens with one attached hydrogen (secondary N) is 4. The van der Waals surface area contributed by atoms with Gasteiger partial charge in [0.05, 0.1) is 24.8 Å². The molecule has 0 saturated heterocycles. The Labute approximate surface area is 195 Å². The summed E-state index contributed by atoms with van der Waals surface area (Å²) in [6, 6.07) is 14.6. The van der Waals surface area contributed by atoms with E-state index in [-0.39, 0.29) is 11.8 Å². The van der Waals surface area contributed by atoms with Crippen LogP contribution >= 0.6 is 11.3 Å². The fraction of sp³-hybridized carbons (Fsp3) is 0.174. The van der Waals surface area contributed by atoms with E-state index in [4.69, 9.17) is 9.47 Å². The molecule has 0 radical (unpaired) electrons. The summed E-state index contributed by atoms with van der Waals surface area (Å²) >= 11 is 1.36. The van der Waals surface area contributed by atoms with Gasteiger partial charge in [0.15, 0.2) is 0 Å². The van der Waals surface area contributed by atoms with Gasteiger partial charge < -0.3 is 30.7 Å². The van der Waals surface area contributed by atoms with Crippen LogP contribution in [-0.2, 0) is 0 Å². The van der Waals surface area contributed by atoms with Gasteiger partial charge in [0.2, 0.25) is 0 Å². The maximum Gasteiger partial charge on any atom is 0.323 e. The molecule has 172 valence electrons. The van der Waals surface area contributed by atoms with E-state index in [0.29, 0.717) is 46.4 Å². The first kappa shape index (κ1) is 23.6. The number of carbonyl (C=O) groups excluding carboxylic acids is 3. The molecule has 0 atom stereocenters. The number of thiophene rings is 1. The van der Waals surface area contributed by atoms with E-state index in [1.807, 2.05) is 5.38 Å². The topological polar surface area (TPSA) is 118 Å². The van der Waals surface area contributed by atoms with E-state index in [9.17, 15) is 14.4 Å². The zero-order valence-corrected chi connectivity index (χ0v) is 19.0. The minimum Gasteiger partial charge on any atom is -0.497 e. The summed E-state index contributed by atoms with van der Waals surface area (Å²) in [6.45, 7) is 0.610. The fourth-order valence-corrected chi connectivity index (χ4v) is 3.48. The summed E-state index contributed by atoms with van der Waals surface area (Å²) < 4.78 is 10.4. The molecule has 0 aliphatic heterocycles. The van der Waals surface area contributed by atoms with Crippen molar-refractivity contribution in [1.82, 2.24) is 10.6 Å². The van der Waals surface area contributed by atoms with Crippen LogP contribution in [0.4, 0.5) is 16.2 Å². The molecule has 0 aliphatic carbocycles. The molecule has 9 nitrogen and oxygen atoms in total. The number of benzene rings is 2. The van der Waals surface area contributed by atoms with E-state index in [1.54, 1.807) is 61.7 Å². The number of urea groups is 1. The van der Waals surface area contributed by atoms with Crippen molar-refractivity contribution in [3.8, 4) is 11.5 Å². The van der Waals surface area contributed by atoms with Gasteiger partial charge in [-0.3, -0.25) is 9.59 Å². The number of anilines is 2. The highest BCUT2D eigenvalue weighted by Crippen LogP contribution is 2.29.